The van der Waals surface area contributed by atoms with Crippen LogP contribution < -0.4 is 19.1 Å². The van der Waals surface area contributed by atoms with Gasteiger partial charge in [0, 0.05) is 17.6 Å². The first-order valence-corrected chi connectivity index (χ1v) is 13.3. The largest absolute Gasteiger partial charge is 0.494 e. The summed E-state index contributed by atoms with van der Waals surface area (Å²) in [5, 5.41) is 1.03. The number of thiocarbonyl (C=S) groups is 1. The van der Waals surface area contributed by atoms with E-state index in [2.05, 4.69) is 15.9 Å². The Morgan fingerprint density at radius 1 is 1.00 bits per heavy atom. The second-order valence-corrected chi connectivity index (χ2v) is 9.71. The minimum absolute atomic E-state index is 0.218. The van der Waals surface area contributed by atoms with Crippen LogP contribution in [0.2, 0.25) is 5.02 Å². The molecule has 0 bridgehead atoms. The monoisotopic (exact) mass is 600 g/mol. The Bertz CT molecular complexity index is 1350. The average molecular weight is 602 g/mol. The molecule has 37 heavy (non-hydrogen) atoms. The van der Waals surface area contributed by atoms with Crippen LogP contribution in [0.25, 0.3) is 6.08 Å². The van der Waals surface area contributed by atoms with Crippen LogP contribution in [0.15, 0.2) is 70.8 Å². The van der Waals surface area contributed by atoms with Crippen molar-refractivity contribution in [2.75, 3.05) is 25.2 Å². The SMILES string of the molecule is CCOc1ccc(N2C(=O)/C(=C/c3cc(Br)c(OCc4ccccc4Cl)c(OCC)c3)N(C)C2=S)cc1. The fourth-order valence-electron chi connectivity index (χ4n) is 3.84. The zero-order chi connectivity index (χ0) is 26.5. The fourth-order valence-corrected chi connectivity index (χ4v) is 4.89. The van der Waals surface area contributed by atoms with Crippen molar-refractivity contribution >= 4 is 62.5 Å². The molecular formula is C28H26BrClN2O4S. The molecular weight excluding hydrogens is 576 g/mol. The van der Waals surface area contributed by atoms with Gasteiger partial charge in [0.05, 0.1) is 23.4 Å². The van der Waals surface area contributed by atoms with Crippen LogP contribution in [0.5, 0.6) is 17.2 Å². The minimum atomic E-state index is -0.218. The average Bonchev–Trinajstić information content (AvgIpc) is 3.08. The van der Waals surface area contributed by atoms with Gasteiger partial charge >= 0.3 is 0 Å². The quantitative estimate of drug-likeness (QED) is 0.193. The van der Waals surface area contributed by atoms with Crippen molar-refractivity contribution in [3.8, 4) is 17.2 Å². The van der Waals surface area contributed by atoms with E-state index in [0.29, 0.717) is 50.7 Å². The van der Waals surface area contributed by atoms with Gasteiger partial charge in [0.2, 0.25) is 0 Å². The number of anilines is 1. The van der Waals surface area contributed by atoms with E-state index in [0.717, 1.165) is 16.9 Å². The van der Waals surface area contributed by atoms with E-state index in [9.17, 15) is 4.79 Å². The van der Waals surface area contributed by atoms with Crippen LogP contribution in [0.3, 0.4) is 0 Å². The van der Waals surface area contributed by atoms with Gasteiger partial charge in [-0.1, -0.05) is 29.8 Å². The molecule has 0 atom stereocenters. The van der Waals surface area contributed by atoms with Crippen molar-refractivity contribution in [1.29, 1.82) is 0 Å². The topological polar surface area (TPSA) is 51.2 Å². The summed E-state index contributed by atoms with van der Waals surface area (Å²) in [6.07, 6.45) is 1.79. The van der Waals surface area contributed by atoms with Crippen LogP contribution >= 0.6 is 39.7 Å². The molecule has 0 radical (unpaired) electrons. The maximum absolute atomic E-state index is 13.4. The van der Waals surface area contributed by atoms with Gasteiger partial charge in [-0.3, -0.25) is 9.69 Å². The van der Waals surface area contributed by atoms with Gasteiger partial charge in [-0.2, -0.15) is 0 Å². The molecule has 0 N–H and O–H groups in total. The molecule has 9 heteroatoms. The van der Waals surface area contributed by atoms with E-state index in [1.807, 2.05) is 74.5 Å². The molecule has 1 fully saturated rings. The molecule has 1 amide bonds. The van der Waals surface area contributed by atoms with Gasteiger partial charge in [-0.25, -0.2) is 0 Å². The van der Waals surface area contributed by atoms with Gasteiger partial charge in [0.1, 0.15) is 18.1 Å². The molecule has 0 aliphatic carbocycles. The van der Waals surface area contributed by atoms with Gasteiger partial charge in [-0.05, 0) is 96.1 Å². The Morgan fingerprint density at radius 2 is 1.70 bits per heavy atom. The molecule has 1 aliphatic heterocycles. The number of carbonyl (C=O) groups is 1. The maximum atomic E-state index is 13.4. The Morgan fingerprint density at radius 3 is 2.38 bits per heavy atom. The Labute approximate surface area is 235 Å². The van der Waals surface area contributed by atoms with Crippen LogP contribution in [-0.2, 0) is 11.4 Å². The molecule has 0 aromatic heterocycles. The highest BCUT2D eigenvalue weighted by atomic mass is 79.9. The van der Waals surface area contributed by atoms with Crippen molar-refractivity contribution in [2.45, 2.75) is 20.5 Å². The molecule has 0 spiro atoms. The summed E-state index contributed by atoms with van der Waals surface area (Å²) in [5.74, 6) is 1.62. The number of nitrogens with zero attached hydrogens (tertiary/aromatic N) is 2. The van der Waals surface area contributed by atoms with Crippen molar-refractivity contribution in [3.05, 3.63) is 87.0 Å². The lowest BCUT2D eigenvalue weighted by molar-refractivity contribution is -0.114. The molecule has 3 aromatic carbocycles. The van der Waals surface area contributed by atoms with Crippen LogP contribution in [0, 0.1) is 0 Å². The lowest BCUT2D eigenvalue weighted by atomic mass is 10.1. The summed E-state index contributed by atoms with van der Waals surface area (Å²) in [6, 6.07) is 18.5. The minimum Gasteiger partial charge on any atom is -0.494 e. The van der Waals surface area contributed by atoms with E-state index in [-0.39, 0.29) is 12.5 Å². The predicted molar refractivity (Wildman–Crippen MR) is 155 cm³/mol. The number of hydrogen-bond donors (Lipinski definition) is 0. The molecule has 3 aromatic rings. The molecule has 6 nitrogen and oxygen atoms in total. The normalized spacial score (nSPS) is 14.5. The highest BCUT2D eigenvalue weighted by molar-refractivity contribution is 9.10. The van der Waals surface area contributed by atoms with Crippen molar-refractivity contribution in [3.63, 3.8) is 0 Å². The highest BCUT2D eigenvalue weighted by Crippen LogP contribution is 2.39. The summed E-state index contributed by atoms with van der Waals surface area (Å²) >= 11 is 15.5. The maximum Gasteiger partial charge on any atom is 0.281 e. The molecule has 1 heterocycles. The second-order valence-electron chi connectivity index (χ2n) is 8.08. The Hall–Kier alpha value is -3.07. The first-order valence-electron chi connectivity index (χ1n) is 11.7. The number of hydrogen-bond acceptors (Lipinski definition) is 5. The second kappa shape index (κ2) is 12.0. The fraction of sp³-hybridized carbons (Fsp3) is 0.214. The zero-order valence-electron chi connectivity index (χ0n) is 20.7. The first-order chi connectivity index (χ1) is 17.8. The lowest BCUT2D eigenvalue weighted by Crippen LogP contribution is -2.31. The smallest absolute Gasteiger partial charge is 0.281 e. The van der Waals surface area contributed by atoms with E-state index in [1.54, 1.807) is 18.0 Å². The van der Waals surface area contributed by atoms with Gasteiger partial charge < -0.3 is 19.1 Å². The van der Waals surface area contributed by atoms with E-state index >= 15 is 0 Å². The Kier molecular flexibility index (Phi) is 8.74. The molecule has 0 saturated carbocycles. The number of likely N-dealkylation sites (N-methyl/N-ethyl adjacent to an activating group) is 1. The highest BCUT2D eigenvalue weighted by Gasteiger charge is 2.36. The van der Waals surface area contributed by atoms with E-state index < -0.39 is 0 Å². The lowest BCUT2D eigenvalue weighted by Gasteiger charge is -2.17. The van der Waals surface area contributed by atoms with Crippen molar-refractivity contribution in [2.24, 2.45) is 0 Å². The number of rotatable bonds is 9. The van der Waals surface area contributed by atoms with Crippen molar-refractivity contribution in [1.82, 2.24) is 4.90 Å². The van der Waals surface area contributed by atoms with Gasteiger partial charge in [0.15, 0.2) is 16.6 Å². The number of carbonyl (C=O) groups excluding carboxylic acids is 1. The summed E-state index contributed by atoms with van der Waals surface area (Å²) < 4.78 is 18.2. The standard InChI is InChI=1S/C28H26BrClN2O4S/c1-4-34-21-12-10-20(11-13-21)32-27(33)24(31(3)28(32)37)15-18-14-22(29)26(25(16-18)35-5-2)36-17-19-8-6-7-9-23(19)30/h6-16H,4-5,17H2,1-3H3/b24-15-. The number of amides is 1. The Balaban J connectivity index is 1.62. The summed E-state index contributed by atoms with van der Waals surface area (Å²) in [4.78, 5) is 16.6. The number of ether oxygens (including phenoxy) is 3. The number of benzene rings is 3. The van der Waals surface area contributed by atoms with Gasteiger partial charge in [0.25, 0.3) is 5.91 Å². The van der Waals surface area contributed by atoms with Gasteiger partial charge in [-0.15, -0.1) is 0 Å². The molecule has 192 valence electrons. The van der Waals surface area contributed by atoms with E-state index in [4.69, 9.17) is 38.0 Å². The van der Waals surface area contributed by atoms with Crippen molar-refractivity contribution < 1.29 is 19.0 Å². The summed E-state index contributed by atoms with van der Waals surface area (Å²) in [7, 11) is 1.78. The molecule has 1 aliphatic rings. The third-order valence-corrected chi connectivity index (χ3v) is 7.05. The molecule has 0 unspecified atom stereocenters. The molecule has 1 saturated heterocycles. The predicted octanol–water partition coefficient (Wildman–Crippen LogP) is 7.08. The number of halogens is 2. The molecule has 4 rings (SSSR count). The van der Waals surface area contributed by atoms with Crippen LogP contribution in [0.1, 0.15) is 25.0 Å². The third kappa shape index (κ3) is 5.92. The first kappa shape index (κ1) is 27.0. The third-order valence-electron chi connectivity index (χ3n) is 5.63. The zero-order valence-corrected chi connectivity index (χ0v) is 23.8. The van der Waals surface area contributed by atoms with Crippen LogP contribution in [-0.4, -0.2) is 36.2 Å². The van der Waals surface area contributed by atoms with Crippen LogP contribution in [0.4, 0.5) is 5.69 Å². The summed E-state index contributed by atoms with van der Waals surface area (Å²) in [5.41, 5.74) is 2.74. The van der Waals surface area contributed by atoms with E-state index in [1.165, 1.54) is 4.90 Å². The summed E-state index contributed by atoms with van der Waals surface area (Å²) in [6.45, 7) is 5.12.